The van der Waals surface area contributed by atoms with Gasteiger partial charge in [0.2, 0.25) is 0 Å². The summed E-state index contributed by atoms with van der Waals surface area (Å²) in [4.78, 5) is 11.5. The molecule has 0 bridgehead atoms. The van der Waals surface area contributed by atoms with Gasteiger partial charge in [-0.1, -0.05) is 6.92 Å². The number of aromatic nitrogens is 4. The molecule has 0 aliphatic carbocycles. The number of nitrogens with zero attached hydrogens (tertiary/aromatic N) is 5. The van der Waals surface area contributed by atoms with Crippen molar-refractivity contribution >= 4 is 16.7 Å². The van der Waals surface area contributed by atoms with Gasteiger partial charge < -0.3 is 19.7 Å². The van der Waals surface area contributed by atoms with Crippen LogP contribution in [0.1, 0.15) is 43.2 Å². The molecule has 2 aliphatic heterocycles. The summed E-state index contributed by atoms with van der Waals surface area (Å²) in [6.45, 7) is 8.83. The van der Waals surface area contributed by atoms with Crippen molar-refractivity contribution in [2.75, 3.05) is 44.8 Å². The molecule has 170 valence electrons. The number of piperidine rings is 1. The van der Waals surface area contributed by atoms with Crippen LogP contribution in [0.4, 0.5) is 5.82 Å². The van der Waals surface area contributed by atoms with Gasteiger partial charge in [-0.15, -0.1) is 0 Å². The molecule has 2 saturated heterocycles. The first-order valence-corrected chi connectivity index (χ1v) is 11.6. The van der Waals surface area contributed by atoms with E-state index >= 15 is 0 Å². The monoisotopic (exact) mass is 436 g/mol. The molecule has 32 heavy (non-hydrogen) atoms. The van der Waals surface area contributed by atoms with Gasteiger partial charge in [-0.25, -0.2) is 4.68 Å². The van der Waals surface area contributed by atoms with E-state index in [-0.39, 0.29) is 6.10 Å². The van der Waals surface area contributed by atoms with E-state index in [9.17, 15) is 0 Å². The Kier molecular flexibility index (Phi) is 5.97. The minimum absolute atomic E-state index is 0.217. The van der Waals surface area contributed by atoms with Crippen LogP contribution in [0.3, 0.4) is 0 Å². The van der Waals surface area contributed by atoms with Crippen molar-refractivity contribution in [1.29, 1.82) is 0 Å². The van der Waals surface area contributed by atoms with Gasteiger partial charge in [-0.2, -0.15) is 15.1 Å². The summed E-state index contributed by atoms with van der Waals surface area (Å²) in [5, 5.41) is 9.29. The third-order valence-electron chi connectivity index (χ3n) is 6.73. The predicted octanol–water partition coefficient (Wildman–Crippen LogP) is 3.21. The van der Waals surface area contributed by atoms with Gasteiger partial charge in [-0.05, 0) is 68.5 Å². The topological polar surface area (TPSA) is 77.3 Å². The molecule has 1 aromatic carbocycles. The zero-order valence-electron chi connectivity index (χ0n) is 19.2. The highest BCUT2D eigenvalue weighted by atomic mass is 16.5. The third kappa shape index (κ3) is 4.04. The number of rotatable bonds is 5. The fourth-order valence-corrected chi connectivity index (χ4v) is 4.90. The van der Waals surface area contributed by atoms with Gasteiger partial charge in [-0.3, -0.25) is 0 Å². The number of ether oxygens (including phenoxy) is 2. The van der Waals surface area contributed by atoms with Gasteiger partial charge in [0.05, 0.1) is 31.5 Å². The molecule has 4 heterocycles. The number of fused-ring (bicyclic) bond motifs is 1. The van der Waals surface area contributed by atoms with Crippen LogP contribution in [0.25, 0.3) is 16.7 Å². The Morgan fingerprint density at radius 2 is 1.97 bits per heavy atom. The molecule has 0 saturated carbocycles. The molecular weight excluding hydrogens is 404 g/mol. The lowest BCUT2D eigenvalue weighted by molar-refractivity contribution is 0.0381. The van der Waals surface area contributed by atoms with Crippen LogP contribution in [0.5, 0.6) is 6.01 Å². The highest BCUT2D eigenvalue weighted by Crippen LogP contribution is 2.32. The molecular formula is C24H32N6O2. The second-order valence-electron chi connectivity index (χ2n) is 8.77. The maximum atomic E-state index is 5.84. The van der Waals surface area contributed by atoms with E-state index in [1.807, 2.05) is 16.9 Å². The summed E-state index contributed by atoms with van der Waals surface area (Å²) in [5.74, 6) is 2.16. The Morgan fingerprint density at radius 3 is 2.75 bits per heavy atom. The summed E-state index contributed by atoms with van der Waals surface area (Å²) < 4.78 is 13.2. The Balaban J connectivity index is 1.55. The number of methoxy groups -OCH3 is 1. The zero-order valence-corrected chi connectivity index (χ0v) is 19.2. The number of morpholine rings is 1. The van der Waals surface area contributed by atoms with Gasteiger partial charge in [0.15, 0.2) is 5.82 Å². The Bertz CT molecular complexity index is 1090. The maximum absolute atomic E-state index is 5.84. The first kappa shape index (κ1) is 21.2. The van der Waals surface area contributed by atoms with Crippen molar-refractivity contribution in [1.82, 2.24) is 25.1 Å². The predicted molar refractivity (Wildman–Crippen MR) is 125 cm³/mol. The van der Waals surface area contributed by atoms with Crippen molar-refractivity contribution in [2.24, 2.45) is 0 Å². The summed E-state index contributed by atoms with van der Waals surface area (Å²) in [6.07, 6.45) is 5.45. The lowest BCUT2D eigenvalue weighted by Crippen LogP contribution is -2.42. The largest absolute Gasteiger partial charge is 0.467 e. The van der Waals surface area contributed by atoms with Crippen LogP contribution in [0, 0.1) is 6.92 Å². The van der Waals surface area contributed by atoms with Gasteiger partial charge >= 0.3 is 6.01 Å². The quantitative estimate of drug-likeness (QED) is 0.658. The molecule has 2 fully saturated rings. The molecule has 2 aromatic heterocycles. The fourth-order valence-electron chi connectivity index (χ4n) is 4.90. The molecule has 0 unspecified atom stereocenters. The second kappa shape index (κ2) is 9.03. The van der Waals surface area contributed by atoms with Crippen LogP contribution in [-0.4, -0.2) is 65.7 Å². The van der Waals surface area contributed by atoms with Crippen LogP contribution in [0.2, 0.25) is 0 Å². The standard InChI is InChI=1S/C24H32N6O2/c1-4-19-15-29(9-10-32-19)22-13-23(28-24(27-22)31-3)30-21-12-20(17-5-7-25-8-6-17)16(2)11-18(21)14-26-30/h11-14,17,19,25H,4-10,15H2,1-3H3/t19-/m1/s1. The highest BCUT2D eigenvalue weighted by Gasteiger charge is 2.23. The molecule has 0 spiro atoms. The van der Waals surface area contributed by atoms with E-state index in [0.29, 0.717) is 18.5 Å². The Morgan fingerprint density at radius 1 is 1.16 bits per heavy atom. The number of aryl methyl sites for hydroxylation is 1. The van der Waals surface area contributed by atoms with Crippen LogP contribution < -0.4 is 15.0 Å². The van der Waals surface area contributed by atoms with E-state index in [1.165, 1.54) is 24.0 Å². The normalized spacial score (nSPS) is 20.1. The van der Waals surface area contributed by atoms with Crippen LogP contribution in [-0.2, 0) is 4.74 Å². The third-order valence-corrected chi connectivity index (χ3v) is 6.73. The SMILES string of the molecule is CC[C@@H]1CN(c2cc(-n3ncc4cc(C)c(C5CCNCC5)cc43)nc(OC)n2)CCO1. The van der Waals surface area contributed by atoms with Crippen molar-refractivity contribution in [3.05, 3.63) is 35.5 Å². The van der Waals surface area contributed by atoms with Gasteiger partial charge in [0.25, 0.3) is 0 Å². The molecule has 1 atom stereocenters. The number of benzene rings is 1. The lowest BCUT2D eigenvalue weighted by atomic mass is 9.87. The fraction of sp³-hybridized carbons (Fsp3) is 0.542. The van der Waals surface area contributed by atoms with Crippen LogP contribution >= 0.6 is 0 Å². The highest BCUT2D eigenvalue weighted by molar-refractivity contribution is 5.82. The summed E-state index contributed by atoms with van der Waals surface area (Å²) >= 11 is 0. The van der Waals surface area contributed by atoms with E-state index in [1.54, 1.807) is 7.11 Å². The average Bonchev–Trinajstić information content (AvgIpc) is 3.26. The zero-order chi connectivity index (χ0) is 22.1. The number of anilines is 1. The van der Waals surface area contributed by atoms with E-state index in [4.69, 9.17) is 14.6 Å². The number of nitrogens with one attached hydrogen (secondary N) is 1. The summed E-state index contributed by atoms with van der Waals surface area (Å²) in [6, 6.07) is 6.93. The van der Waals surface area contributed by atoms with Gasteiger partial charge in [0, 0.05) is 24.5 Å². The maximum Gasteiger partial charge on any atom is 0.320 e. The molecule has 0 amide bonds. The lowest BCUT2D eigenvalue weighted by Gasteiger charge is -2.33. The molecule has 1 N–H and O–H groups in total. The summed E-state index contributed by atoms with van der Waals surface area (Å²) in [7, 11) is 1.61. The van der Waals surface area contributed by atoms with E-state index in [2.05, 4.69) is 46.2 Å². The Hall–Kier alpha value is -2.71. The molecule has 8 nitrogen and oxygen atoms in total. The van der Waals surface area contributed by atoms with E-state index in [0.717, 1.165) is 55.1 Å². The van der Waals surface area contributed by atoms with Crippen molar-refractivity contribution in [2.45, 2.75) is 45.1 Å². The van der Waals surface area contributed by atoms with Crippen LogP contribution in [0.15, 0.2) is 24.4 Å². The molecule has 5 rings (SSSR count). The second-order valence-corrected chi connectivity index (χ2v) is 8.77. The first-order valence-electron chi connectivity index (χ1n) is 11.6. The van der Waals surface area contributed by atoms with Crippen molar-refractivity contribution in [3.63, 3.8) is 0 Å². The summed E-state index contributed by atoms with van der Waals surface area (Å²) in [5.41, 5.74) is 3.83. The van der Waals surface area contributed by atoms with Gasteiger partial charge in [0.1, 0.15) is 5.82 Å². The number of hydrogen-bond donors (Lipinski definition) is 1. The first-order chi connectivity index (χ1) is 15.7. The Labute approximate surface area is 188 Å². The molecule has 8 heteroatoms. The molecule has 3 aromatic rings. The average molecular weight is 437 g/mol. The smallest absolute Gasteiger partial charge is 0.320 e. The van der Waals surface area contributed by atoms with Crippen molar-refractivity contribution < 1.29 is 9.47 Å². The molecule has 0 radical (unpaired) electrons. The minimum atomic E-state index is 0.217. The van der Waals surface area contributed by atoms with E-state index < -0.39 is 0 Å². The van der Waals surface area contributed by atoms with Crippen molar-refractivity contribution in [3.8, 4) is 11.8 Å². The minimum Gasteiger partial charge on any atom is -0.467 e. The molecule has 2 aliphatic rings. The number of hydrogen-bond acceptors (Lipinski definition) is 7.